The van der Waals surface area contributed by atoms with Crippen LogP contribution in [0, 0.1) is 6.92 Å². The third-order valence-corrected chi connectivity index (χ3v) is 3.59. The Balaban J connectivity index is 1.67. The Hall–Kier alpha value is -2.71. The highest BCUT2D eigenvalue weighted by Crippen LogP contribution is 2.23. The van der Waals surface area contributed by atoms with Gasteiger partial charge in [0.05, 0.1) is 6.04 Å². The number of hydrogen-bond donors (Lipinski definition) is 1. The maximum absolute atomic E-state index is 12.3. The summed E-state index contributed by atoms with van der Waals surface area (Å²) in [6.07, 6.45) is 2.59. The molecule has 2 amide bonds. The van der Waals surface area contributed by atoms with Crippen LogP contribution in [0.5, 0.6) is 0 Å². The first-order chi connectivity index (χ1) is 10.5. The number of aryl methyl sites for hydroxylation is 1. The van der Waals surface area contributed by atoms with Crippen LogP contribution in [0.4, 0.5) is 5.82 Å². The molecule has 116 valence electrons. The zero-order chi connectivity index (χ0) is 15.7. The number of hydrogen-bond acceptors (Lipinski definition) is 6. The van der Waals surface area contributed by atoms with E-state index in [0.29, 0.717) is 24.6 Å². The summed E-state index contributed by atoms with van der Waals surface area (Å²) in [6.45, 7) is 4.27. The molecule has 0 aliphatic carbocycles. The van der Waals surface area contributed by atoms with E-state index in [0.717, 1.165) is 6.42 Å². The topological polar surface area (TPSA) is 106 Å². The van der Waals surface area contributed by atoms with Gasteiger partial charge in [0.15, 0.2) is 11.5 Å². The molecule has 9 nitrogen and oxygen atoms in total. The molecule has 3 heterocycles. The molecule has 1 atom stereocenters. The minimum Gasteiger partial charge on any atom is -0.335 e. The van der Waals surface area contributed by atoms with Crippen LogP contribution < -0.4 is 5.32 Å². The SMILES string of the molecule is CC(=O)Nc1ccn(C2CCN(C(=O)c3nonc3C)C2)n1. The molecule has 1 saturated heterocycles. The van der Waals surface area contributed by atoms with Gasteiger partial charge in [-0.1, -0.05) is 5.16 Å². The third kappa shape index (κ3) is 2.69. The van der Waals surface area contributed by atoms with E-state index in [1.165, 1.54) is 6.92 Å². The van der Waals surface area contributed by atoms with E-state index < -0.39 is 0 Å². The predicted molar refractivity (Wildman–Crippen MR) is 75.1 cm³/mol. The number of carbonyl (C=O) groups excluding carboxylic acids is 2. The number of nitrogens with zero attached hydrogens (tertiary/aromatic N) is 5. The van der Waals surface area contributed by atoms with Crippen molar-refractivity contribution in [2.24, 2.45) is 0 Å². The Bertz CT molecular complexity index is 706. The molecule has 1 unspecified atom stereocenters. The van der Waals surface area contributed by atoms with Gasteiger partial charge in [0, 0.05) is 32.3 Å². The number of amides is 2. The van der Waals surface area contributed by atoms with Crippen LogP contribution in [0.3, 0.4) is 0 Å². The molecule has 0 radical (unpaired) electrons. The molecule has 1 fully saturated rings. The molecule has 0 bridgehead atoms. The number of aromatic nitrogens is 4. The molecule has 1 N–H and O–H groups in total. The highest BCUT2D eigenvalue weighted by Gasteiger charge is 2.31. The van der Waals surface area contributed by atoms with Crippen LogP contribution in [0.15, 0.2) is 16.9 Å². The lowest BCUT2D eigenvalue weighted by Crippen LogP contribution is -2.30. The van der Waals surface area contributed by atoms with Crippen LogP contribution in [-0.4, -0.2) is 49.9 Å². The summed E-state index contributed by atoms with van der Waals surface area (Å²) < 4.78 is 6.34. The lowest BCUT2D eigenvalue weighted by Gasteiger charge is -2.15. The van der Waals surface area contributed by atoms with Gasteiger partial charge in [-0.25, -0.2) is 4.63 Å². The van der Waals surface area contributed by atoms with Gasteiger partial charge in [-0.15, -0.1) is 0 Å². The van der Waals surface area contributed by atoms with E-state index in [-0.39, 0.29) is 23.6 Å². The van der Waals surface area contributed by atoms with E-state index in [9.17, 15) is 9.59 Å². The fourth-order valence-electron chi connectivity index (χ4n) is 2.51. The summed E-state index contributed by atoms with van der Waals surface area (Å²) in [6, 6.07) is 1.81. The van der Waals surface area contributed by atoms with Crippen LogP contribution in [0.25, 0.3) is 0 Å². The van der Waals surface area contributed by atoms with Gasteiger partial charge in [0.1, 0.15) is 5.69 Å². The van der Waals surface area contributed by atoms with Crippen LogP contribution >= 0.6 is 0 Å². The fraction of sp³-hybridized carbons (Fsp3) is 0.462. The third-order valence-electron chi connectivity index (χ3n) is 3.59. The van der Waals surface area contributed by atoms with Crippen molar-refractivity contribution in [2.75, 3.05) is 18.4 Å². The summed E-state index contributed by atoms with van der Waals surface area (Å²) in [5.74, 6) is 0.159. The average Bonchev–Trinajstić information content (AvgIpc) is 3.16. The lowest BCUT2D eigenvalue weighted by molar-refractivity contribution is -0.114. The Kier molecular flexibility index (Phi) is 3.61. The summed E-state index contributed by atoms with van der Waals surface area (Å²) in [4.78, 5) is 25.1. The second kappa shape index (κ2) is 5.58. The van der Waals surface area contributed by atoms with Gasteiger partial charge in [-0.2, -0.15) is 5.10 Å². The molecule has 1 aliphatic heterocycles. The van der Waals surface area contributed by atoms with E-state index in [1.54, 1.807) is 28.8 Å². The van der Waals surface area contributed by atoms with Crippen molar-refractivity contribution in [1.29, 1.82) is 0 Å². The molecular weight excluding hydrogens is 288 g/mol. The second-order valence-electron chi connectivity index (χ2n) is 5.25. The largest absolute Gasteiger partial charge is 0.335 e. The first kappa shape index (κ1) is 14.2. The van der Waals surface area contributed by atoms with Crippen molar-refractivity contribution in [3.63, 3.8) is 0 Å². The number of anilines is 1. The highest BCUT2D eigenvalue weighted by molar-refractivity contribution is 5.93. The maximum Gasteiger partial charge on any atom is 0.278 e. The van der Waals surface area contributed by atoms with Gasteiger partial charge in [0.2, 0.25) is 5.91 Å². The van der Waals surface area contributed by atoms with Crippen molar-refractivity contribution in [1.82, 2.24) is 25.0 Å². The predicted octanol–water partition coefficient (Wildman–Crippen LogP) is 0.620. The standard InChI is InChI=1S/C13H16N6O3/c1-8-12(17-22-16-8)13(21)18-5-3-10(7-18)19-6-4-11(15-19)14-9(2)20/h4,6,10H,3,5,7H2,1-2H3,(H,14,15,20). The number of rotatable bonds is 3. The van der Waals surface area contributed by atoms with Gasteiger partial charge in [0.25, 0.3) is 5.91 Å². The zero-order valence-electron chi connectivity index (χ0n) is 12.3. The Labute approximate surface area is 126 Å². The summed E-state index contributed by atoms with van der Waals surface area (Å²) in [5, 5.41) is 14.2. The van der Waals surface area contributed by atoms with Gasteiger partial charge < -0.3 is 10.2 Å². The average molecular weight is 304 g/mol. The monoisotopic (exact) mass is 304 g/mol. The Morgan fingerprint density at radius 3 is 2.91 bits per heavy atom. The van der Waals surface area contributed by atoms with Crippen molar-refractivity contribution in [3.05, 3.63) is 23.7 Å². The van der Waals surface area contributed by atoms with Gasteiger partial charge >= 0.3 is 0 Å². The zero-order valence-corrected chi connectivity index (χ0v) is 12.3. The minimum absolute atomic E-state index is 0.0756. The van der Waals surface area contributed by atoms with E-state index in [4.69, 9.17) is 0 Å². The molecule has 9 heteroatoms. The first-order valence-corrected chi connectivity index (χ1v) is 6.96. The highest BCUT2D eigenvalue weighted by atomic mass is 16.6. The van der Waals surface area contributed by atoms with Crippen molar-refractivity contribution < 1.29 is 14.2 Å². The molecular formula is C13H16N6O3. The normalized spacial score (nSPS) is 17.7. The molecule has 3 rings (SSSR count). The fourth-order valence-corrected chi connectivity index (χ4v) is 2.51. The Morgan fingerprint density at radius 1 is 1.41 bits per heavy atom. The van der Waals surface area contributed by atoms with Gasteiger partial charge in [-0.3, -0.25) is 14.3 Å². The summed E-state index contributed by atoms with van der Waals surface area (Å²) in [5.41, 5.74) is 0.737. The van der Waals surface area contributed by atoms with E-state index >= 15 is 0 Å². The summed E-state index contributed by atoms with van der Waals surface area (Å²) in [7, 11) is 0. The maximum atomic E-state index is 12.3. The van der Waals surface area contributed by atoms with Gasteiger partial charge in [-0.05, 0) is 18.5 Å². The molecule has 2 aromatic heterocycles. The van der Waals surface area contributed by atoms with Crippen molar-refractivity contribution in [2.45, 2.75) is 26.3 Å². The molecule has 0 aromatic carbocycles. The van der Waals surface area contributed by atoms with Crippen molar-refractivity contribution in [3.8, 4) is 0 Å². The van der Waals surface area contributed by atoms with Crippen LogP contribution in [0.2, 0.25) is 0 Å². The second-order valence-corrected chi connectivity index (χ2v) is 5.25. The molecule has 2 aromatic rings. The van der Waals surface area contributed by atoms with E-state index in [1.807, 2.05) is 0 Å². The summed E-state index contributed by atoms with van der Waals surface area (Å²) >= 11 is 0. The Morgan fingerprint density at radius 2 is 2.23 bits per heavy atom. The first-order valence-electron chi connectivity index (χ1n) is 6.96. The molecule has 1 aliphatic rings. The quantitative estimate of drug-likeness (QED) is 0.891. The minimum atomic E-state index is -0.185. The molecule has 22 heavy (non-hydrogen) atoms. The molecule has 0 saturated carbocycles. The number of carbonyl (C=O) groups is 2. The smallest absolute Gasteiger partial charge is 0.278 e. The lowest BCUT2D eigenvalue weighted by atomic mass is 10.3. The van der Waals surface area contributed by atoms with Crippen LogP contribution in [0.1, 0.15) is 35.6 Å². The van der Waals surface area contributed by atoms with Crippen LogP contribution in [-0.2, 0) is 4.79 Å². The number of likely N-dealkylation sites (tertiary alicyclic amines) is 1. The van der Waals surface area contributed by atoms with Crippen molar-refractivity contribution >= 4 is 17.6 Å². The van der Waals surface area contributed by atoms with E-state index in [2.05, 4.69) is 25.4 Å². The number of nitrogens with one attached hydrogen (secondary N) is 1. The molecule has 0 spiro atoms.